The molecule has 0 fully saturated rings. The molecule has 4 aromatic rings. The van der Waals surface area contributed by atoms with Crippen molar-refractivity contribution in [1.29, 1.82) is 0 Å². The van der Waals surface area contributed by atoms with Crippen molar-refractivity contribution in [1.82, 2.24) is 0 Å². The molecule has 0 bridgehead atoms. The largest absolute Gasteiger partial charge is 0.457 e. The number of hydrogen-bond donors (Lipinski definition) is 0. The highest BCUT2D eigenvalue weighted by Gasteiger charge is 2.34. The minimum absolute atomic E-state index is 0.409. The van der Waals surface area contributed by atoms with Gasteiger partial charge in [-0.15, -0.1) is 12.8 Å². The maximum absolute atomic E-state index is 13.4. The Bertz CT molecular complexity index is 1500. The molecule has 0 aromatic heterocycles. The quantitative estimate of drug-likeness (QED) is 0.334. The lowest BCUT2D eigenvalue weighted by atomic mass is 9.93. The van der Waals surface area contributed by atoms with Gasteiger partial charge in [-0.3, -0.25) is 9.59 Å². The van der Waals surface area contributed by atoms with Crippen molar-refractivity contribution in [2.75, 3.05) is 4.90 Å². The lowest BCUT2D eigenvalue weighted by molar-refractivity contribution is 0.0893. The van der Waals surface area contributed by atoms with Crippen LogP contribution < -0.4 is 9.64 Å². The average Bonchev–Trinajstić information content (AvgIpc) is 2.83. The van der Waals surface area contributed by atoms with Crippen molar-refractivity contribution >= 4 is 28.3 Å². The Morgan fingerprint density at radius 2 is 1.38 bits per heavy atom. The third kappa shape index (κ3) is 2.99. The Morgan fingerprint density at radius 1 is 0.719 bits per heavy atom. The zero-order chi connectivity index (χ0) is 22.2. The van der Waals surface area contributed by atoms with E-state index in [1.54, 1.807) is 60.7 Å². The summed E-state index contributed by atoms with van der Waals surface area (Å²) in [5, 5.41) is 1.24. The van der Waals surface area contributed by atoms with E-state index in [2.05, 4.69) is 11.8 Å². The smallest absolute Gasteiger partial charge is 0.265 e. The first-order valence-electron chi connectivity index (χ1n) is 9.86. The zero-order valence-electron chi connectivity index (χ0n) is 16.8. The fraction of sp³-hybridized carbons (Fsp3) is 0. The van der Waals surface area contributed by atoms with Gasteiger partial charge in [-0.1, -0.05) is 36.1 Å². The van der Waals surface area contributed by atoms with Gasteiger partial charge >= 0.3 is 0 Å². The number of carbonyl (C=O) groups excluding carboxylic acids is 2. The van der Waals surface area contributed by atoms with Crippen LogP contribution in [-0.4, -0.2) is 11.8 Å². The van der Waals surface area contributed by atoms with Crippen LogP contribution in [0, 0.1) is 24.7 Å². The van der Waals surface area contributed by atoms with Gasteiger partial charge in [-0.2, -0.15) is 0 Å². The number of rotatable bonds is 3. The number of imide groups is 1. The van der Waals surface area contributed by atoms with E-state index in [-0.39, 0.29) is 0 Å². The van der Waals surface area contributed by atoms with E-state index in [1.807, 2.05) is 18.2 Å². The third-order valence-corrected chi connectivity index (χ3v) is 5.37. The molecule has 4 aromatic carbocycles. The molecular formula is C28H15NO3. The molecule has 4 heteroatoms. The number of terminal acetylenes is 2. The Balaban J connectivity index is 1.64. The third-order valence-electron chi connectivity index (χ3n) is 5.37. The summed E-state index contributed by atoms with van der Waals surface area (Å²) in [6, 6.07) is 22.7. The molecule has 1 aliphatic heterocycles. The minimum atomic E-state index is -0.409. The van der Waals surface area contributed by atoms with E-state index < -0.39 is 11.8 Å². The second kappa shape index (κ2) is 7.47. The molecule has 32 heavy (non-hydrogen) atoms. The molecule has 0 spiro atoms. The van der Waals surface area contributed by atoms with E-state index >= 15 is 0 Å². The number of nitrogens with zero attached hydrogens (tertiary/aromatic N) is 1. The van der Waals surface area contributed by atoms with Gasteiger partial charge in [0.15, 0.2) is 0 Å². The number of amides is 2. The molecule has 5 rings (SSSR count). The van der Waals surface area contributed by atoms with E-state index in [9.17, 15) is 9.59 Å². The number of benzene rings is 4. The predicted octanol–water partition coefficient (Wildman–Crippen LogP) is 5.40. The van der Waals surface area contributed by atoms with Gasteiger partial charge in [0.1, 0.15) is 11.5 Å². The van der Waals surface area contributed by atoms with E-state index in [0.29, 0.717) is 50.2 Å². The zero-order valence-corrected chi connectivity index (χ0v) is 16.8. The van der Waals surface area contributed by atoms with Crippen molar-refractivity contribution in [3.05, 3.63) is 101 Å². The molecule has 0 aliphatic carbocycles. The number of anilines is 1. The normalized spacial score (nSPS) is 12.4. The summed E-state index contributed by atoms with van der Waals surface area (Å²) in [5.41, 5.74) is 2.56. The van der Waals surface area contributed by atoms with Gasteiger partial charge in [0, 0.05) is 33.0 Å². The summed E-state index contributed by atoms with van der Waals surface area (Å²) in [5.74, 6) is 5.40. The van der Waals surface area contributed by atoms with Crippen LogP contribution in [-0.2, 0) is 0 Å². The van der Waals surface area contributed by atoms with Crippen LogP contribution in [0.25, 0.3) is 10.8 Å². The minimum Gasteiger partial charge on any atom is -0.457 e. The molecule has 1 aliphatic rings. The van der Waals surface area contributed by atoms with Gasteiger partial charge < -0.3 is 4.74 Å². The standard InChI is InChI=1S/C28H15NO3/c1-3-18-8-5-10-20(16-18)29-27(30)23-13-7-12-22-25(15-14-24(26(22)23)28(29)31)32-21-11-6-9-19(4-2)17-21/h1-2,5-17H. The molecule has 0 N–H and O–H groups in total. The molecule has 150 valence electrons. The van der Waals surface area contributed by atoms with E-state index in [1.165, 1.54) is 0 Å². The SMILES string of the molecule is C#Cc1cccc(Oc2ccc3c4c(cccc24)C(=O)N(c2cccc(C#C)c2)C3=O)c1. The molecular weight excluding hydrogens is 398 g/mol. The van der Waals surface area contributed by atoms with Crippen LogP contribution in [0.5, 0.6) is 11.5 Å². The predicted molar refractivity (Wildman–Crippen MR) is 124 cm³/mol. The van der Waals surface area contributed by atoms with Crippen molar-refractivity contribution < 1.29 is 14.3 Å². The maximum atomic E-state index is 13.4. The van der Waals surface area contributed by atoms with Crippen LogP contribution in [0.4, 0.5) is 5.69 Å². The number of hydrogen-bond acceptors (Lipinski definition) is 3. The van der Waals surface area contributed by atoms with Crippen molar-refractivity contribution in [2.45, 2.75) is 0 Å². The van der Waals surface area contributed by atoms with E-state index in [4.69, 9.17) is 17.6 Å². The summed E-state index contributed by atoms with van der Waals surface area (Å²) in [6.07, 6.45) is 11.0. The fourth-order valence-electron chi connectivity index (χ4n) is 3.90. The van der Waals surface area contributed by atoms with Gasteiger partial charge in [-0.25, -0.2) is 4.90 Å². The van der Waals surface area contributed by atoms with Crippen molar-refractivity contribution in [2.24, 2.45) is 0 Å². The number of carbonyl (C=O) groups is 2. The highest BCUT2D eigenvalue weighted by molar-refractivity contribution is 6.36. The summed E-state index contributed by atoms with van der Waals surface area (Å²) in [6.45, 7) is 0. The Labute approximate surface area is 185 Å². The lowest BCUT2D eigenvalue weighted by Gasteiger charge is -2.28. The van der Waals surface area contributed by atoms with Crippen LogP contribution in [0.15, 0.2) is 78.9 Å². The van der Waals surface area contributed by atoms with Gasteiger partial charge in [-0.05, 0) is 54.6 Å². The summed E-state index contributed by atoms with van der Waals surface area (Å²) in [7, 11) is 0. The first-order chi connectivity index (χ1) is 15.6. The highest BCUT2D eigenvalue weighted by atomic mass is 16.5. The van der Waals surface area contributed by atoms with Crippen LogP contribution in [0.1, 0.15) is 31.8 Å². The fourth-order valence-corrected chi connectivity index (χ4v) is 3.90. The molecule has 0 atom stereocenters. The maximum Gasteiger partial charge on any atom is 0.265 e. The topological polar surface area (TPSA) is 46.6 Å². The molecule has 4 nitrogen and oxygen atoms in total. The average molecular weight is 413 g/mol. The molecule has 0 saturated heterocycles. The molecule has 1 heterocycles. The molecule has 0 saturated carbocycles. The van der Waals surface area contributed by atoms with Crippen molar-refractivity contribution in [3.63, 3.8) is 0 Å². The van der Waals surface area contributed by atoms with Gasteiger partial charge in [0.2, 0.25) is 0 Å². The highest BCUT2D eigenvalue weighted by Crippen LogP contribution is 2.38. The molecule has 0 unspecified atom stereocenters. The van der Waals surface area contributed by atoms with Gasteiger partial charge in [0.25, 0.3) is 11.8 Å². The van der Waals surface area contributed by atoms with Crippen LogP contribution >= 0.6 is 0 Å². The second-order valence-electron chi connectivity index (χ2n) is 7.25. The Hall–Kier alpha value is -4.80. The Kier molecular flexibility index (Phi) is 4.48. The van der Waals surface area contributed by atoms with Crippen LogP contribution in [0.2, 0.25) is 0 Å². The second-order valence-corrected chi connectivity index (χ2v) is 7.25. The first kappa shape index (κ1) is 19.2. The van der Waals surface area contributed by atoms with Crippen LogP contribution in [0.3, 0.4) is 0 Å². The molecule has 0 radical (unpaired) electrons. The van der Waals surface area contributed by atoms with Gasteiger partial charge in [0.05, 0.1) is 5.69 Å². The summed E-state index contributed by atoms with van der Waals surface area (Å²) >= 11 is 0. The lowest BCUT2D eigenvalue weighted by Crippen LogP contribution is -2.40. The number of ether oxygens (including phenoxy) is 1. The van der Waals surface area contributed by atoms with Crippen molar-refractivity contribution in [3.8, 4) is 36.2 Å². The first-order valence-corrected chi connectivity index (χ1v) is 9.86. The summed E-state index contributed by atoms with van der Waals surface area (Å²) in [4.78, 5) is 27.9. The van der Waals surface area contributed by atoms with E-state index in [0.717, 1.165) is 4.90 Å². The Morgan fingerprint density at radius 3 is 2.12 bits per heavy atom. The molecule has 2 amide bonds. The monoisotopic (exact) mass is 413 g/mol. The summed E-state index contributed by atoms with van der Waals surface area (Å²) < 4.78 is 6.07.